The number of non-ortho nitro benzene ring substituents is 1. The van der Waals surface area contributed by atoms with E-state index in [1.165, 1.54) is 24.3 Å². The van der Waals surface area contributed by atoms with E-state index in [2.05, 4.69) is 5.32 Å². The zero-order chi connectivity index (χ0) is 18.0. The van der Waals surface area contributed by atoms with Crippen molar-refractivity contribution in [3.63, 3.8) is 0 Å². The van der Waals surface area contributed by atoms with Crippen molar-refractivity contribution in [2.45, 2.75) is 19.8 Å². The molecule has 0 bridgehead atoms. The van der Waals surface area contributed by atoms with Crippen LogP contribution in [0.5, 0.6) is 0 Å². The summed E-state index contributed by atoms with van der Waals surface area (Å²) in [6.45, 7) is 2.54. The second kappa shape index (κ2) is 6.72. The summed E-state index contributed by atoms with van der Waals surface area (Å²) in [6.07, 6.45) is 1.10. The Kier molecular flexibility index (Phi) is 4.47. The summed E-state index contributed by atoms with van der Waals surface area (Å²) >= 11 is 0. The molecule has 2 aromatic rings. The summed E-state index contributed by atoms with van der Waals surface area (Å²) in [7, 11) is 0. The number of hydrogen-bond acceptors (Lipinski definition) is 4. The molecule has 7 heteroatoms. The first-order chi connectivity index (χ1) is 12.0. The van der Waals surface area contributed by atoms with Crippen molar-refractivity contribution in [1.29, 1.82) is 0 Å². The van der Waals surface area contributed by atoms with Gasteiger partial charge in [0.2, 0.25) is 5.91 Å². The summed E-state index contributed by atoms with van der Waals surface area (Å²) in [6, 6.07) is 10.9. The molecule has 0 aromatic heterocycles. The number of aryl methyl sites for hydroxylation is 1. The first-order valence-electron chi connectivity index (χ1n) is 7.98. The molecule has 0 fully saturated rings. The van der Waals surface area contributed by atoms with Crippen LogP contribution in [0.25, 0.3) is 0 Å². The highest BCUT2D eigenvalue weighted by atomic mass is 16.6. The number of rotatable bonds is 4. The number of nitrogens with one attached hydrogen (secondary N) is 1. The third kappa shape index (κ3) is 3.35. The molecule has 1 N–H and O–H groups in total. The second-order valence-corrected chi connectivity index (χ2v) is 5.74. The number of benzene rings is 2. The van der Waals surface area contributed by atoms with Crippen LogP contribution in [-0.2, 0) is 11.2 Å². The van der Waals surface area contributed by atoms with Crippen LogP contribution < -0.4 is 10.2 Å². The van der Waals surface area contributed by atoms with Crippen LogP contribution in [0.4, 0.5) is 17.1 Å². The fourth-order valence-corrected chi connectivity index (χ4v) is 2.92. The third-order valence-corrected chi connectivity index (χ3v) is 4.19. The van der Waals surface area contributed by atoms with Gasteiger partial charge in [0.15, 0.2) is 0 Å². The van der Waals surface area contributed by atoms with E-state index in [4.69, 9.17) is 0 Å². The fourth-order valence-electron chi connectivity index (χ4n) is 2.92. The minimum Gasteiger partial charge on any atom is -0.322 e. The summed E-state index contributed by atoms with van der Waals surface area (Å²) in [5.74, 6) is -0.230. The predicted octanol–water partition coefficient (Wildman–Crippen LogP) is 3.15. The van der Waals surface area contributed by atoms with E-state index in [-0.39, 0.29) is 17.5 Å². The maximum Gasteiger partial charge on any atom is 0.269 e. The molecule has 2 amide bonds. The van der Waals surface area contributed by atoms with Gasteiger partial charge in [-0.05, 0) is 49.2 Å². The van der Waals surface area contributed by atoms with E-state index < -0.39 is 4.92 Å². The van der Waals surface area contributed by atoms with Crippen molar-refractivity contribution in [3.8, 4) is 0 Å². The Morgan fingerprint density at radius 3 is 2.56 bits per heavy atom. The highest BCUT2D eigenvalue weighted by molar-refractivity contribution is 6.05. The molecular weight excluding hydrogens is 322 g/mol. The Morgan fingerprint density at radius 1 is 1.20 bits per heavy atom. The van der Waals surface area contributed by atoms with Gasteiger partial charge in [-0.2, -0.15) is 0 Å². The van der Waals surface area contributed by atoms with Crippen molar-refractivity contribution in [3.05, 3.63) is 63.7 Å². The van der Waals surface area contributed by atoms with Gasteiger partial charge in [-0.1, -0.05) is 0 Å². The second-order valence-electron chi connectivity index (χ2n) is 5.74. The lowest BCUT2D eigenvalue weighted by Gasteiger charge is -2.28. The number of carbonyl (C=O) groups is 2. The predicted molar refractivity (Wildman–Crippen MR) is 93.8 cm³/mol. The summed E-state index contributed by atoms with van der Waals surface area (Å²) in [5, 5.41) is 13.4. The van der Waals surface area contributed by atoms with Crippen LogP contribution in [-0.4, -0.2) is 23.3 Å². The van der Waals surface area contributed by atoms with Crippen LogP contribution >= 0.6 is 0 Å². The lowest BCUT2D eigenvalue weighted by Crippen LogP contribution is -2.34. The first kappa shape index (κ1) is 16.6. The quantitative estimate of drug-likeness (QED) is 0.684. The number of nitro groups is 1. The fraction of sp³-hybridized carbons (Fsp3) is 0.222. The van der Waals surface area contributed by atoms with Crippen LogP contribution in [0.3, 0.4) is 0 Å². The Morgan fingerprint density at radius 2 is 1.92 bits per heavy atom. The molecule has 1 heterocycles. The molecule has 1 aliphatic rings. The summed E-state index contributed by atoms with van der Waals surface area (Å²) in [4.78, 5) is 36.1. The van der Waals surface area contributed by atoms with Crippen molar-refractivity contribution < 1.29 is 14.5 Å². The molecule has 3 rings (SSSR count). The van der Waals surface area contributed by atoms with Crippen LogP contribution in [0.2, 0.25) is 0 Å². The molecule has 0 saturated heterocycles. The average molecular weight is 339 g/mol. The van der Waals surface area contributed by atoms with Gasteiger partial charge in [-0.15, -0.1) is 0 Å². The van der Waals surface area contributed by atoms with Gasteiger partial charge >= 0.3 is 0 Å². The Balaban J connectivity index is 1.78. The number of nitrogens with zero attached hydrogens (tertiary/aromatic N) is 2. The maximum atomic E-state index is 12.3. The zero-order valence-corrected chi connectivity index (χ0v) is 13.7. The SMILES string of the molecule is CCN1C(=O)CCc2cc(NC(=O)c3ccc([N+](=O)[O-])cc3)ccc21. The normalized spacial score (nSPS) is 13.3. The van der Waals surface area contributed by atoms with E-state index in [0.29, 0.717) is 30.6 Å². The van der Waals surface area contributed by atoms with E-state index in [9.17, 15) is 19.7 Å². The first-order valence-corrected chi connectivity index (χ1v) is 7.98. The smallest absolute Gasteiger partial charge is 0.269 e. The van der Waals surface area contributed by atoms with Gasteiger partial charge in [0, 0.05) is 42.0 Å². The van der Waals surface area contributed by atoms with Gasteiger partial charge < -0.3 is 10.2 Å². The molecule has 0 saturated carbocycles. The molecule has 7 nitrogen and oxygen atoms in total. The van der Waals surface area contributed by atoms with Crippen molar-refractivity contribution in [2.75, 3.05) is 16.8 Å². The highest BCUT2D eigenvalue weighted by Crippen LogP contribution is 2.30. The monoisotopic (exact) mass is 339 g/mol. The summed E-state index contributed by atoms with van der Waals surface area (Å²) in [5.41, 5.74) is 2.81. The Labute approximate surface area is 144 Å². The Bertz CT molecular complexity index is 846. The number of carbonyl (C=O) groups excluding carboxylic acids is 2. The van der Waals surface area contributed by atoms with Gasteiger partial charge in [-0.3, -0.25) is 19.7 Å². The lowest BCUT2D eigenvalue weighted by atomic mass is 10.0. The van der Waals surface area contributed by atoms with Gasteiger partial charge in [0.05, 0.1) is 4.92 Å². The van der Waals surface area contributed by atoms with Crippen molar-refractivity contribution in [1.82, 2.24) is 0 Å². The molecule has 1 aliphatic heterocycles. The number of nitro benzene ring substituents is 1. The average Bonchev–Trinajstić information content (AvgIpc) is 2.61. The molecule has 25 heavy (non-hydrogen) atoms. The van der Waals surface area contributed by atoms with E-state index in [1.807, 2.05) is 19.1 Å². The molecule has 0 atom stereocenters. The van der Waals surface area contributed by atoms with Crippen LogP contribution in [0.1, 0.15) is 29.3 Å². The number of hydrogen-bond donors (Lipinski definition) is 1. The van der Waals surface area contributed by atoms with Crippen LogP contribution in [0.15, 0.2) is 42.5 Å². The molecular formula is C18H17N3O4. The van der Waals surface area contributed by atoms with E-state index in [0.717, 1.165) is 11.3 Å². The number of anilines is 2. The van der Waals surface area contributed by atoms with E-state index >= 15 is 0 Å². The van der Waals surface area contributed by atoms with Gasteiger partial charge in [-0.25, -0.2) is 0 Å². The van der Waals surface area contributed by atoms with E-state index in [1.54, 1.807) is 11.0 Å². The molecule has 0 aliphatic carbocycles. The van der Waals surface area contributed by atoms with Crippen molar-refractivity contribution in [2.24, 2.45) is 0 Å². The van der Waals surface area contributed by atoms with Crippen LogP contribution in [0, 0.1) is 10.1 Å². The molecule has 0 unspecified atom stereocenters. The summed E-state index contributed by atoms with van der Waals surface area (Å²) < 4.78 is 0. The number of fused-ring (bicyclic) bond motifs is 1. The highest BCUT2D eigenvalue weighted by Gasteiger charge is 2.23. The molecule has 2 aromatic carbocycles. The van der Waals surface area contributed by atoms with Gasteiger partial charge in [0.1, 0.15) is 0 Å². The molecule has 0 spiro atoms. The lowest BCUT2D eigenvalue weighted by molar-refractivity contribution is -0.384. The van der Waals surface area contributed by atoms with Crippen molar-refractivity contribution >= 4 is 28.9 Å². The number of amides is 2. The maximum absolute atomic E-state index is 12.3. The topological polar surface area (TPSA) is 92.6 Å². The Hall–Kier alpha value is -3.22. The largest absolute Gasteiger partial charge is 0.322 e. The third-order valence-electron chi connectivity index (χ3n) is 4.19. The minimum absolute atomic E-state index is 0.0605. The zero-order valence-electron chi connectivity index (χ0n) is 13.7. The standard InChI is InChI=1S/C18H17N3O4/c1-2-20-16-9-6-14(11-13(16)5-10-17(20)22)19-18(23)12-3-7-15(8-4-12)21(24)25/h3-4,6-9,11H,2,5,10H2,1H3,(H,19,23). The minimum atomic E-state index is -0.508. The van der Waals surface area contributed by atoms with Gasteiger partial charge in [0.25, 0.3) is 11.6 Å². The molecule has 128 valence electrons. The molecule has 0 radical (unpaired) electrons.